The van der Waals surface area contributed by atoms with Gasteiger partial charge in [-0.15, -0.1) is 0 Å². The van der Waals surface area contributed by atoms with Crippen molar-refractivity contribution >= 4 is 27.8 Å². The first kappa shape index (κ1) is 31.7. The minimum absolute atomic E-state index is 0.467. The summed E-state index contributed by atoms with van der Waals surface area (Å²) in [5.41, 5.74) is 15.5. The van der Waals surface area contributed by atoms with E-state index in [1.165, 1.54) is 66.4 Å². The summed E-state index contributed by atoms with van der Waals surface area (Å²) in [7, 11) is 0. The van der Waals surface area contributed by atoms with E-state index >= 15 is 0 Å². The highest BCUT2D eigenvalue weighted by Crippen LogP contribution is 2.57. The molecular weight excluding hydrogens is 651 g/mol. The van der Waals surface area contributed by atoms with Crippen molar-refractivity contribution in [2.45, 2.75) is 5.41 Å². The molecule has 0 spiro atoms. The van der Waals surface area contributed by atoms with E-state index < -0.39 is 5.41 Å². The van der Waals surface area contributed by atoms with Crippen molar-refractivity contribution in [2.75, 3.05) is 4.90 Å². The fourth-order valence-corrected chi connectivity index (χ4v) is 8.73. The van der Waals surface area contributed by atoms with Gasteiger partial charge in [0.25, 0.3) is 0 Å². The van der Waals surface area contributed by atoms with Gasteiger partial charge in [0.1, 0.15) is 0 Å². The minimum atomic E-state index is -0.467. The lowest BCUT2D eigenvalue weighted by molar-refractivity contribution is 0.768. The highest BCUT2D eigenvalue weighted by atomic mass is 15.1. The maximum Gasteiger partial charge on any atom is 0.0714 e. The number of anilines is 3. The van der Waals surface area contributed by atoms with Gasteiger partial charge in [-0.1, -0.05) is 182 Å². The lowest BCUT2D eigenvalue weighted by Gasteiger charge is -2.35. The molecule has 1 aliphatic carbocycles. The molecule has 0 saturated carbocycles. The van der Waals surface area contributed by atoms with Gasteiger partial charge in [-0.3, -0.25) is 0 Å². The highest BCUT2D eigenvalue weighted by Gasteiger charge is 2.46. The Morgan fingerprint density at radius 1 is 0.296 bits per heavy atom. The Balaban J connectivity index is 1.11. The third-order valence-electron chi connectivity index (χ3n) is 11.1. The summed E-state index contributed by atoms with van der Waals surface area (Å²) >= 11 is 0. The number of hydrogen-bond donors (Lipinski definition) is 0. The number of fused-ring (bicyclic) bond motifs is 4. The van der Waals surface area contributed by atoms with Crippen LogP contribution < -0.4 is 4.90 Å². The van der Waals surface area contributed by atoms with Crippen LogP contribution in [-0.2, 0) is 5.41 Å². The average molecular weight is 688 g/mol. The van der Waals surface area contributed by atoms with Gasteiger partial charge < -0.3 is 4.90 Å². The van der Waals surface area contributed by atoms with Crippen molar-refractivity contribution in [1.29, 1.82) is 0 Å². The first-order valence-electron chi connectivity index (χ1n) is 18.7. The van der Waals surface area contributed by atoms with Crippen LogP contribution in [-0.4, -0.2) is 0 Å². The molecule has 0 N–H and O–H groups in total. The van der Waals surface area contributed by atoms with Crippen molar-refractivity contribution in [2.24, 2.45) is 0 Å². The third-order valence-corrected chi connectivity index (χ3v) is 11.1. The van der Waals surface area contributed by atoms with Gasteiger partial charge in [-0.05, 0) is 109 Å². The van der Waals surface area contributed by atoms with Crippen molar-refractivity contribution in [3.8, 4) is 33.4 Å². The fraction of sp³-hybridized carbons (Fsp3) is 0.0189. The number of rotatable bonds is 7. The van der Waals surface area contributed by atoms with Crippen molar-refractivity contribution in [3.63, 3.8) is 0 Å². The molecule has 0 unspecified atom stereocenters. The third kappa shape index (κ3) is 5.17. The van der Waals surface area contributed by atoms with Gasteiger partial charge in [0.2, 0.25) is 0 Å². The molecule has 9 aromatic rings. The number of hydrogen-bond acceptors (Lipinski definition) is 1. The second kappa shape index (κ2) is 13.2. The van der Waals surface area contributed by atoms with Crippen LogP contribution >= 0.6 is 0 Å². The lowest BCUT2D eigenvalue weighted by atomic mass is 9.67. The number of nitrogens with zero attached hydrogens (tertiary/aromatic N) is 1. The summed E-state index contributed by atoms with van der Waals surface area (Å²) < 4.78 is 0. The molecule has 0 saturated heterocycles. The largest absolute Gasteiger partial charge is 0.310 e. The Hall–Kier alpha value is -6.96. The molecule has 0 fully saturated rings. The second-order valence-electron chi connectivity index (χ2n) is 14.1. The van der Waals surface area contributed by atoms with E-state index in [2.05, 4.69) is 229 Å². The predicted molar refractivity (Wildman–Crippen MR) is 227 cm³/mol. The van der Waals surface area contributed by atoms with E-state index in [0.717, 1.165) is 17.1 Å². The molecule has 0 aromatic heterocycles. The van der Waals surface area contributed by atoms with Gasteiger partial charge in [-0.25, -0.2) is 0 Å². The summed E-state index contributed by atoms with van der Waals surface area (Å²) in [6.45, 7) is 0. The maximum atomic E-state index is 2.44. The zero-order valence-corrected chi connectivity index (χ0v) is 29.8. The highest BCUT2D eigenvalue weighted by molar-refractivity contribution is 5.99. The first-order chi connectivity index (χ1) is 26.8. The number of benzene rings is 9. The molecule has 0 bridgehead atoms. The monoisotopic (exact) mass is 687 g/mol. The maximum absolute atomic E-state index is 2.44. The van der Waals surface area contributed by atoms with Gasteiger partial charge in [0.05, 0.1) is 5.41 Å². The fourth-order valence-electron chi connectivity index (χ4n) is 8.73. The van der Waals surface area contributed by atoms with Crippen molar-refractivity contribution < 1.29 is 0 Å². The molecule has 9 aromatic carbocycles. The van der Waals surface area contributed by atoms with Crippen LogP contribution in [0.1, 0.15) is 22.3 Å². The van der Waals surface area contributed by atoms with Crippen LogP contribution in [0.25, 0.3) is 44.2 Å². The zero-order valence-electron chi connectivity index (χ0n) is 29.8. The van der Waals surface area contributed by atoms with Crippen LogP contribution in [0.15, 0.2) is 224 Å². The predicted octanol–water partition coefficient (Wildman–Crippen LogP) is 14.0. The Bertz CT molecular complexity index is 2700. The van der Waals surface area contributed by atoms with Gasteiger partial charge in [0.15, 0.2) is 0 Å². The van der Waals surface area contributed by atoms with Crippen LogP contribution in [0.4, 0.5) is 17.1 Å². The van der Waals surface area contributed by atoms with Crippen molar-refractivity contribution in [3.05, 3.63) is 247 Å². The van der Waals surface area contributed by atoms with Crippen LogP contribution in [0.3, 0.4) is 0 Å². The lowest BCUT2D eigenvalue weighted by Crippen LogP contribution is -2.28. The van der Waals surface area contributed by atoms with E-state index in [4.69, 9.17) is 0 Å². The van der Waals surface area contributed by atoms with Gasteiger partial charge >= 0.3 is 0 Å². The molecule has 1 aliphatic rings. The molecule has 1 nitrogen and oxygen atoms in total. The standard InChI is InChI=1S/C53H37N/c1-5-16-38(17-6-1)40-30-34-48-41(36-40)18-15-26-47(48)39-28-31-45(32-29-39)54(44-23-11-4-12-24-44)46-33-35-50-49-25-13-14-27-51(49)53(52(50)37-46,42-19-7-2-8-20-42)43-21-9-3-10-22-43/h1-37H. The summed E-state index contributed by atoms with van der Waals surface area (Å²) in [5.74, 6) is 0. The molecule has 0 heterocycles. The van der Waals surface area contributed by atoms with E-state index in [1.54, 1.807) is 0 Å². The quantitative estimate of drug-likeness (QED) is 0.161. The molecule has 254 valence electrons. The summed E-state index contributed by atoms with van der Waals surface area (Å²) in [4.78, 5) is 2.39. The van der Waals surface area contributed by atoms with E-state index in [1.807, 2.05) is 0 Å². The SMILES string of the molecule is c1ccc(-c2ccc3c(-c4ccc(N(c5ccccc5)c5ccc6c(c5)C(c5ccccc5)(c5ccccc5)c5ccccc5-6)cc4)cccc3c2)cc1. The minimum Gasteiger partial charge on any atom is -0.310 e. The summed E-state index contributed by atoms with van der Waals surface area (Å²) in [5, 5.41) is 2.49. The van der Waals surface area contributed by atoms with E-state index in [9.17, 15) is 0 Å². The Labute approximate surface area is 317 Å². The zero-order chi connectivity index (χ0) is 35.9. The summed E-state index contributed by atoms with van der Waals surface area (Å²) in [6, 6.07) is 81.9. The molecule has 1 heteroatoms. The molecule has 0 radical (unpaired) electrons. The van der Waals surface area contributed by atoms with Crippen molar-refractivity contribution in [1.82, 2.24) is 0 Å². The Morgan fingerprint density at radius 2 is 0.833 bits per heavy atom. The molecule has 0 atom stereocenters. The van der Waals surface area contributed by atoms with Crippen LogP contribution in [0.2, 0.25) is 0 Å². The topological polar surface area (TPSA) is 3.24 Å². The normalized spacial score (nSPS) is 12.6. The summed E-state index contributed by atoms with van der Waals surface area (Å²) in [6.07, 6.45) is 0. The van der Waals surface area contributed by atoms with E-state index in [-0.39, 0.29) is 0 Å². The number of para-hydroxylation sites is 1. The van der Waals surface area contributed by atoms with E-state index in [0.29, 0.717) is 0 Å². The Kier molecular flexibility index (Phi) is 7.78. The van der Waals surface area contributed by atoms with Gasteiger partial charge in [0, 0.05) is 17.1 Å². The molecule has 0 aliphatic heterocycles. The van der Waals surface area contributed by atoms with Crippen LogP contribution in [0, 0.1) is 0 Å². The van der Waals surface area contributed by atoms with Gasteiger partial charge in [-0.2, -0.15) is 0 Å². The smallest absolute Gasteiger partial charge is 0.0714 e. The molecule has 10 rings (SSSR count). The first-order valence-corrected chi connectivity index (χ1v) is 18.7. The molecular formula is C53H37N. The molecule has 54 heavy (non-hydrogen) atoms. The average Bonchev–Trinajstić information content (AvgIpc) is 3.55. The molecule has 0 amide bonds. The second-order valence-corrected chi connectivity index (χ2v) is 14.1. The Morgan fingerprint density at radius 3 is 1.54 bits per heavy atom. The van der Waals surface area contributed by atoms with Crippen LogP contribution in [0.5, 0.6) is 0 Å².